The number of amides is 2. The molecule has 0 saturated heterocycles. The summed E-state index contributed by atoms with van der Waals surface area (Å²) in [6, 6.07) is 13.2. The van der Waals surface area contributed by atoms with Crippen LogP contribution >= 0.6 is 11.6 Å². The fraction of sp³-hybridized carbons (Fsp3) is 0.318. The normalized spacial score (nSPS) is 12.0. The third kappa shape index (κ3) is 7.58. The number of nitrogens with zero attached hydrogens (tertiary/aromatic N) is 1. The van der Waals surface area contributed by atoms with Gasteiger partial charge in [-0.05, 0) is 61.2 Å². The number of carbonyl (C=O) groups is 2. The molecule has 0 saturated carbocycles. The van der Waals surface area contributed by atoms with Crippen LogP contribution in [0.25, 0.3) is 0 Å². The largest absolute Gasteiger partial charge is 0.494 e. The zero-order valence-corrected chi connectivity index (χ0v) is 17.6. The van der Waals surface area contributed by atoms with Crippen LogP contribution in [0.3, 0.4) is 0 Å². The molecule has 0 aliphatic heterocycles. The van der Waals surface area contributed by atoms with E-state index in [1.807, 2.05) is 45.0 Å². The van der Waals surface area contributed by atoms with E-state index in [1.54, 1.807) is 24.3 Å². The first-order chi connectivity index (χ1) is 13.9. The molecule has 7 heteroatoms. The molecule has 0 heterocycles. The summed E-state index contributed by atoms with van der Waals surface area (Å²) in [6.45, 7) is 6.45. The summed E-state index contributed by atoms with van der Waals surface area (Å²) in [6.07, 6.45) is 2.02. The molecule has 2 N–H and O–H groups in total. The average Bonchev–Trinajstić information content (AvgIpc) is 2.68. The Labute approximate surface area is 176 Å². The smallest absolute Gasteiger partial charge is 0.262 e. The van der Waals surface area contributed by atoms with Crippen molar-refractivity contribution in [2.45, 2.75) is 33.2 Å². The van der Waals surface area contributed by atoms with E-state index in [-0.39, 0.29) is 17.7 Å². The minimum Gasteiger partial charge on any atom is -0.494 e. The van der Waals surface area contributed by atoms with Gasteiger partial charge in [-0.1, -0.05) is 37.6 Å². The molecule has 0 bridgehead atoms. The Balaban J connectivity index is 2.01. The van der Waals surface area contributed by atoms with Gasteiger partial charge in [-0.3, -0.25) is 9.59 Å². The van der Waals surface area contributed by atoms with Crippen molar-refractivity contribution in [2.24, 2.45) is 11.0 Å². The summed E-state index contributed by atoms with van der Waals surface area (Å²) < 4.78 is 5.44. The van der Waals surface area contributed by atoms with Crippen LogP contribution in [0.1, 0.15) is 43.1 Å². The third-order valence-corrected chi connectivity index (χ3v) is 4.24. The molecule has 29 heavy (non-hydrogen) atoms. The number of benzene rings is 2. The Bertz CT molecular complexity index is 851. The summed E-state index contributed by atoms with van der Waals surface area (Å²) in [7, 11) is 0. The summed E-state index contributed by atoms with van der Waals surface area (Å²) in [5, 5.41) is 7.33. The Morgan fingerprint density at radius 1 is 1.17 bits per heavy atom. The van der Waals surface area contributed by atoms with Gasteiger partial charge < -0.3 is 10.1 Å². The lowest BCUT2D eigenvalue weighted by atomic mass is 10.0. The number of ether oxygens (including phenoxy) is 1. The molecule has 1 atom stereocenters. The number of hydrogen-bond donors (Lipinski definition) is 2. The highest BCUT2D eigenvalue weighted by atomic mass is 35.5. The van der Waals surface area contributed by atoms with Crippen molar-refractivity contribution in [2.75, 3.05) is 6.61 Å². The van der Waals surface area contributed by atoms with Crippen molar-refractivity contribution >= 4 is 29.6 Å². The number of hydrogen-bond acceptors (Lipinski definition) is 4. The fourth-order valence-electron chi connectivity index (χ4n) is 2.65. The van der Waals surface area contributed by atoms with Gasteiger partial charge in [0.05, 0.1) is 12.8 Å². The van der Waals surface area contributed by atoms with Crippen molar-refractivity contribution in [3.63, 3.8) is 0 Å². The first-order valence-corrected chi connectivity index (χ1v) is 9.89. The molecule has 154 valence electrons. The van der Waals surface area contributed by atoms with Gasteiger partial charge >= 0.3 is 0 Å². The second-order valence-corrected chi connectivity index (χ2v) is 7.34. The Hall–Kier alpha value is -2.86. The number of nitrogens with one attached hydrogen (secondary N) is 2. The van der Waals surface area contributed by atoms with Crippen LogP contribution in [0, 0.1) is 5.92 Å². The van der Waals surface area contributed by atoms with Crippen LogP contribution in [0.5, 0.6) is 5.75 Å². The molecular weight excluding hydrogens is 390 g/mol. The van der Waals surface area contributed by atoms with E-state index in [2.05, 4.69) is 15.8 Å². The Morgan fingerprint density at radius 2 is 1.90 bits per heavy atom. The molecule has 0 aliphatic rings. The predicted octanol–water partition coefficient (Wildman–Crippen LogP) is 4.03. The lowest BCUT2D eigenvalue weighted by Crippen LogP contribution is -2.46. The summed E-state index contributed by atoms with van der Waals surface area (Å²) in [4.78, 5) is 25.0. The zero-order valence-electron chi connectivity index (χ0n) is 16.8. The van der Waals surface area contributed by atoms with Gasteiger partial charge in [-0.2, -0.15) is 5.10 Å². The standard InChI is InChI=1S/C22H26ClN3O3/c1-4-29-19-7-5-6-16(13-19)14-24-26-22(28)20(12-15(2)3)25-21(27)17-8-10-18(23)11-9-17/h5-11,13-15,20H,4,12H2,1-3H3,(H,25,27)(H,26,28). The molecule has 0 aliphatic carbocycles. The number of carbonyl (C=O) groups excluding carboxylic acids is 2. The highest BCUT2D eigenvalue weighted by molar-refractivity contribution is 6.30. The van der Waals surface area contributed by atoms with Crippen LogP contribution in [0.2, 0.25) is 5.02 Å². The number of rotatable bonds is 9. The molecule has 0 spiro atoms. The van der Waals surface area contributed by atoms with E-state index in [0.29, 0.717) is 23.6 Å². The second-order valence-electron chi connectivity index (χ2n) is 6.90. The molecule has 2 amide bonds. The molecule has 0 radical (unpaired) electrons. The SMILES string of the molecule is CCOc1cccc(C=NNC(=O)C(CC(C)C)NC(=O)c2ccc(Cl)cc2)c1. The van der Waals surface area contributed by atoms with Crippen LogP contribution in [-0.2, 0) is 4.79 Å². The van der Waals surface area contributed by atoms with Crippen molar-refractivity contribution in [3.8, 4) is 5.75 Å². The highest BCUT2D eigenvalue weighted by Gasteiger charge is 2.22. The Morgan fingerprint density at radius 3 is 2.55 bits per heavy atom. The fourth-order valence-corrected chi connectivity index (χ4v) is 2.77. The quantitative estimate of drug-likeness (QED) is 0.479. The molecule has 0 aromatic heterocycles. The molecule has 1 unspecified atom stereocenters. The molecule has 2 rings (SSSR count). The van der Waals surface area contributed by atoms with E-state index < -0.39 is 6.04 Å². The van der Waals surface area contributed by atoms with Crippen molar-refractivity contribution in [1.29, 1.82) is 0 Å². The molecular formula is C22H26ClN3O3. The van der Waals surface area contributed by atoms with Gasteiger partial charge in [0.1, 0.15) is 11.8 Å². The Kier molecular flexibility index (Phi) is 8.68. The van der Waals surface area contributed by atoms with Crippen molar-refractivity contribution < 1.29 is 14.3 Å². The molecule has 2 aromatic rings. The van der Waals surface area contributed by atoms with Crippen molar-refractivity contribution in [3.05, 3.63) is 64.7 Å². The summed E-state index contributed by atoms with van der Waals surface area (Å²) >= 11 is 5.86. The van der Waals surface area contributed by atoms with Gasteiger partial charge in [0.25, 0.3) is 11.8 Å². The van der Waals surface area contributed by atoms with E-state index >= 15 is 0 Å². The maximum Gasteiger partial charge on any atom is 0.262 e. The first-order valence-electron chi connectivity index (χ1n) is 9.51. The molecule has 2 aromatic carbocycles. The van der Waals surface area contributed by atoms with Crippen LogP contribution < -0.4 is 15.5 Å². The zero-order chi connectivity index (χ0) is 21.2. The maximum absolute atomic E-state index is 12.6. The first kappa shape index (κ1) is 22.4. The van der Waals surface area contributed by atoms with Gasteiger partial charge in [0.2, 0.25) is 0 Å². The lowest BCUT2D eigenvalue weighted by molar-refractivity contribution is -0.123. The van der Waals surface area contributed by atoms with Gasteiger partial charge in [-0.25, -0.2) is 5.43 Å². The topological polar surface area (TPSA) is 79.8 Å². The summed E-state index contributed by atoms with van der Waals surface area (Å²) in [5.41, 5.74) is 3.74. The van der Waals surface area contributed by atoms with E-state index in [1.165, 1.54) is 6.21 Å². The predicted molar refractivity (Wildman–Crippen MR) is 116 cm³/mol. The minimum absolute atomic E-state index is 0.211. The van der Waals surface area contributed by atoms with Crippen LogP contribution in [0.15, 0.2) is 53.6 Å². The van der Waals surface area contributed by atoms with E-state index in [9.17, 15) is 9.59 Å². The van der Waals surface area contributed by atoms with E-state index in [4.69, 9.17) is 16.3 Å². The monoisotopic (exact) mass is 415 g/mol. The van der Waals surface area contributed by atoms with Crippen LogP contribution in [0.4, 0.5) is 0 Å². The van der Waals surface area contributed by atoms with Gasteiger partial charge in [0, 0.05) is 10.6 Å². The molecule has 0 fully saturated rings. The number of halogens is 1. The maximum atomic E-state index is 12.6. The van der Waals surface area contributed by atoms with Gasteiger partial charge in [-0.15, -0.1) is 0 Å². The minimum atomic E-state index is -0.704. The third-order valence-electron chi connectivity index (χ3n) is 3.99. The number of hydrazone groups is 1. The van der Waals surface area contributed by atoms with E-state index in [0.717, 1.165) is 11.3 Å². The van der Waals surface area contributed by atoms with Crippen molar-refractivity contribution in [1.82, 2.24) is 10.7 Å². The van der Waals surface area contributed by atoms with Crippen LogP contribution in [-0.4, -0.2) is 30.7 Å². The highest BCUT2D eigenvalue weighted by Crippen LogP contribution is 2.12. The average molecular weight is 416 g/mol. The lowest BCUT2D eigenvalue weighted by Gasteiger charge is -2.19. The van der Waals surface area contributed by atoms with Gasteiger partial charge in [0.15, 0.2) is 0 Å². The summed E-state index contributed by atoms with van der Waals surface area (Å²) in [5.74, 6) is 0.230. The molecule has 6 nitrogen and oxygen atoms in total. The second kappa shape index (κ2) is 11.2.